The van der Waals surface area contributed by atoms with Crippen LogP contribution in [0.15, 0.2) is 36.7 Å². The minimum atomic E-state index is -0.126. The highest BCUT2D eigenvalue weighted by atomic mass is 16.5. The Bertz CT molecular complexity index is 708. The van der Waals surface area contributed by atoms with Gasteiger partial charge in [0.15, 0.2) is 0 Å². The van der Waals surface area contributed by atoms with Crippen molar-refractivity contribution < 1.29 is 9.53 Å². The summed E-state index contributed by atoms with van der Waals surface area (Å²) in [6.45, 7) is 0.745. The maximum absolute atomic E-state index is 12.3. The van der Waals surface area contributed by atoms with Crippen LogP contribution in [0.5, 0.6) is 5.75 Å². The lowest BCUT2D eigenvalue weighted by molar-refractivity contribution is 0.0928. The average Bonchev–Trinajstić information content (AvgIpc) is 2.98. The molecule has 1 fully saturated rings. The smallest absolute Gasteiger partial charge is 0.271 e. The number of carbonyl (C=O) groups excluding carboxylic acids is 1. The fraction of sp³-hybridized carbons (Fsp3) is 0.476. The number of hydrogen-bond acceptors (Lipinski definition) is 5. The Morgan fingerprint density at radius 3 is 2.44 bits per heavy atom. The Morgan fingerprint density at radius 2 is 1.81 bits per heavy atom. The van der Waals surface area contributed by atoms with Gasteiger partial charge in [-0.15, -0.1) is 0 Å². The molecule has 2 N–H and O–H groups in total. The van der Waals surface area contributed by atoms with Crippen molar-refractivity contribution in [2.75, 3.05) is 19.0 Å². The highest BCUT2D eigenvalue weighted by Crippen LogP contribution is 2.17. The van der Waals surface area contributed by atoms with Gasteiger partial charge in [0.1, 0.15) is 17.3 Å². The number of carbonyl (C=O) groups is 1. The van der Waals surface area contributed by atoms with Crippen molar-refractivity contribution >= 4 is 11.7 Å². The minimum absolute atomic E-state index is 0.126. The third-order valence-electron chi connectivity index (χ3n) is 4.95. The van der Waals surface area contributed by atoms with E-state index >= 15 is 0 Å². The van der Waals surface area contributed by atoms with Gasteiger partial charge in [0.05, 0.1) is 19.5 Å². The van der Waals surface area contributed by atoms with Gasteiger partial charge >= 0.3 is 0 Å². The Hall–Kier alpha value is -2.63. The topological polar surface area (TPSA) is 76.1 Å². The van der Waals surface area contributed by atoms with E-state index in [0.29, 0.717) is 11.5 Å². The van der Waals surface area contributed by atoms with E-state index in [4.69, 9.17) is 4.74 Å². The molecule has 0 aliphatic heterocycles. The number of benzene rings is 1. The molecular weight excluding hydrogens is 340 g/mol. The Balaban J connectivity index is 1.45. The monoisotopic (exact) mass is 368 g/mol. The fourth-order valence-corrected chi connectivity index (χ4v) is 3.35. The van der Waals surface area contributed by atoms with E-state index in [0.717, 1.165) is 31.6 Å². The summed E-state index contributed by atoms with van der Waals surface area (Å²) in [5.74, 6) is 1.41. The minimum Gasteiger partial charge on any atom is -0.497 e. The first-order valence-electron chi connectivity index (χ1n) is 9.74. The average molecular weight is 368 g/mol. The van der Waals surface area contributed by atoms with E-state index in [1.807, 2.05) is 24.3 Å². The van der Waals surface area contributed by atoms with Gasteiger partial charge in [-0.05, 0) is 37.0 Å². The number of nitrogens with zero attached hydrogens (tertiary/aromatic N) is 2. The van der Waals surface area contributed by atoms with Gasteiger partial charge in [-0.1, -0.05) is 37.8 Å². The molecule has 0 spiro atoms. The van der Waals surface area contributed by atoms with E-state index in [9.17, 15) is 4.79 Å². The number of aromatic nitrogens is 2. The van der Waals surface area contributed by atoms with Gasteiger partial charge in [-0.3, -0.25) is 4.79 Å². The molecule has 144 valence electrons. The molecule has 1 heterocycles. The zero-order chi connectivity index (χ0) is 18.9. The fourth-order valence-electron chi connectivity index (χ4n) is 3.35. The van der Waals surface area contributed by atoms with Crippen LogP contribution in [0.1, 0.15) is 54.6 Å². The summed E-state index contributed by atoms with van der Waals surface area (Å²) in [5, 5.41) is 6.34. The maximum Gasteiger partial charge on any atom is 0.271 e. The zero-order valence-corrected chi connectivity index (χ0v) is 15.9. The van der Waals surface area contributed by atoms with Crippen LogP contribution in [0.3, 0.4) is 0 Å². The number of hydrogen-bond donors (Lipinski definition) is 2. The molecule has 1 aliphatic carbocycles. The summed E-state index contributed by atoms with van der Waals surface area (Å²) >= 11 is 0. The Morgan fingerprint density at radius 1 is 1.07 bits per heavy atom. The molecular formula is C21H28N4O2. The lowest BCUT2D eigenvalue weighted by Crippen LogP contribution is -2.34. The molecule has 6 heteroatoms. The predicted octanol–water partition coefficient (Wildman–Crippen LogP) is 3.59. The standard InChI is InChI=1S/C21H28N4O2/c1-27-18-10-8-16(9-11-18)12-13-22-20-15-23-19(14-24-20)21(26)25-17-6-4-2-3-5-7-17/h8-11,14-15,17H,2-7,12-13H2,1H3,(H,22,24)(H,25,26). The third-order valence-corrected chi connectivity index (χ3v) is 4.95. The molecule has 2 aromatic rings. The van der Waals surface area contributed by atoms with Crippen molar-refractivity contribution in [1.82, 2.24) is 15.3 Å². The van der Waals surface area contributed by atoms with Crippen LogP contribution in [0, 0.1) is 0 Å². The molecule has 0 unspecified atom stereocenters. The summed E-state index contributed by atoms with van der Waals surface area (Å²) < 4.78 is 5.16. The summed E-state index contributed by atoms with van der Waals surface area (Å²) in [5.41, 5.74) is 1.59. The zero-order valence-electron chi connectivity index (χ0n) is 15.9. The van der Waals surface area contributed by atoms with Crippen molar-refractivity contribution in [3.63, 3.8) is 0 Å². The molecule has 1 amide bonds. The second-order valence-corrected chi connectivity index (χ2v) is 6.97. The summed E-state index contributed by atoms with van der Waals surface area (Å²) in [7, 11) is 1.66. The van der Waals surface area contributed by atoms with Crippen LogP contribution < -0.4 is 15.4 Å². The van der Waals surface area contributed by atoms with E-state index in [1.54, 1.807) is 19.5 Å². The lowest BCUT2D eigenvalue weighted by atomic mass is 10.1. The number of rotatable bonds is 7. The number of amides is 1. The van der Waals surface area contributed by atoms with Crippen molar-refractivity contribution in [3.8, 4) is 5.75 Å². The summed E-state index contributed by atoms with van der Waals surface area (Å²) in [6, 6.07) is 8.28. The molecule has 1 aliphatic rings. The first kappa shape index (κ1) is 19.1. The van der Waals surface area contributed by atoms with Crippen LogP contribution in [-0.4, -0.2) is 35.6 Å². The molecule has 27 heavy (non-hydrogen) atoms. The van der Waals surface area contributed by atoms with Gasteiger partial charge in [0, 0.05) is 12.6 Å². The molecule has 3 rings (SSSR count). The Kier molecular flexibility index (Phi) is 7.02. The predicted molar refractivity (Wildman–Crippen MR) is 106 cm³/mol. The molecule has 0 saturated heterocycles. The second-order valence-electron chi connectivity index (χ2n) is 6.97. The van der Waals surface area contributed by atoms with Crippen LogP contribution >= 0.6 is 0 Å². The molecule has 1 aromatic carbocycles. The lowest BCUT2D eigenvalue weighted by Gasteiger charge is -2.15. The van der Waals surface area contributed by atoms with Crippen LogP contribution in [-0.2, 0) is 6.42 Å². The summed E-state index contributed by atoms with van der Waals surface area (Å²) in [4.78, 5) is 20.9. The van der Waals surface area contributed by atoms with Crippen LogP contribution in [0.4, 0.5) is 5.82 Å². The van der Waals surface area contributed by atoms with Crippen molar-refractivity contribution in [1.29, 1.82) is 0 Å². The summed E-state index contributed by atoms with van der Waals surface area (Å²) in [6.07, 6.45) is 11.1. The van der Waals surface area contributed by atoms with Gasteiger partial charge in [0.2, 0.25) is 0 Å². The van der Waals surface area contributed by atoms with Gasteiger partial charge < -0.3 is 15.4 Å². The molecule has 0 radical (unpaired) electrons. The quantitative estimate of drug-likeness (QED) is 0.731. The Labute approximate surface area is 160 Å². The van der Waals surface area contributed by atoms with Crippen molar-refractivity contribution in [3.05, 3.63) is 47.9 Å². The number of anilines is 1. The third kappa shape index (κ3) is 5.94. The van der Waals surface area contributed by atoms with Crippen LogP contribution in [0.25, 0.3) is 0 Å². The highest BCUT2D eigenvalue weighted by molar-refractivity contribution is 5.92. The maximum atomic E-state index is 12.3. The van der Waals surface area contributed by atoms with Crippen molar-refractivity contribution in [2.24, 2.45) is 0 Å². The first-order chi connectivity index (χ1) is 13.2. The molecule has 6 nitrogen and oxygen atoms in total. The number of ether oxygens (including phenoxy) is 1. The van der Waals surface area contributed by atoms with Gasteiger partial charge in [-0.2, -0.15) is 0 Å². The number of methoxy groups -OCH3 is 1. The SMILES string of the molecule is COc1ccc(CCNc2cnc(C(=O)NC3CCCCCC3)cn2)cc1. The normalized spacial score (nSPS) is 15.0. The highest BCUT2D eigenvalue weighted by Gasteiger charge is 2.16. The second kappa shape index (κ2) is 9.90. The van der Waals surface area contributed by atoms with Crippen molar-refractivity contribution in [2.45, 2.75) is 51.0 Å². The molecule has 1 aromatic heterocycles. The van der Waals surface area contributed by atoms with E-state index in [-0.39, 0.29) is 11.9 Å². The van der Waals surface area contributed by atoms with E-state index < -0.39 is 0 Å². The van der Waals surface area contributed by atoms with Gasteiger partial charge in [0.25, 0.3) is 5.91 Å². The molecule has 0 atom stereocenters. The van der Waals surface area contributed by atoms with E-state index in [1.165, 1.54) is 31.2 Å². The molecule has 0 bridgehead atoms. The molecule has 1 saturated carbocycles. The van der Waals surface area contributed by atoms with E-state index in [2.05, 4.69) is 20.6 Å². The van der Waals surface area contributed by atoms with Crippen LogP contribution in [0.2, 0.25) is 0 Å². The first-order valence-corrected chi connectivity index (χ1v) is 9.74. The van der Waals surface area contributed by atoms with Gasteiger partial charge in [-0.25, -0.2) is 9.97 Å². The number of nitrogens with one attached hydrogen (secondary N) is 2. The largest absolute Gasteiger partial charge is 0.497 e.